The Morgan fingerprint density at radius 2 is 1.92 bits per heavy atom. The van der Waals surface area contributed by atoms with Gasteiger partial charge in [-0.25, -0.2) is 4.79 Å². The second-order valence-electron chi connectivity index (χ2n) is 7.95. The van der Waals surface area contributed by atoms with Gasteiger partial charge in [0.1, 0.15) is 30.0 Å². The van der Waals surface area contributed by atoms with Crippen molar-refractivity contribution >= 4 is 6.09 Å². The fourth-order valence-electron chi connectivity index (χ4n) is 3.70. The normalized spacial score (nSPS) is 35.8. The minimum Gasteiger partial charge on any atom is -0.444 e. The largest absolute Gasteiger partial charge is 0.444 e. The molecule has 4 rings (SSSR count). The molecule has 0 aromatic heterocycles. The maximum Gasteiger partial charge on any atom is 0.407 e. The molecule has 0 unspecified atom stereocenters. The number of fused-ring (bicyclic) bond motifs is 5. The molecule has 136 valence electrons. The van der Waals surface area contributed by atoms with Crippen LogP contribution in [0.2, 0.25) is 0 Å². The monoisotopic (exact) mass is 347 g/mol. The first-order valence-electron chi connectivity index (χ1n) is 8.87. The number of alkyl carbamates (subject to hydrolysis) is 1. The maximum atomic E-state index is 12.2. The fraction of sp³-hybridized carbons (Fsp3) is 0.632. The van der Waals surface area contributed by atoms with Gasteiger partial charge in [0.25, 0.3) is 0 Å². The van der Waals surface area contributed by atoms with Crippen LogP contribution >= 0.6 is 0 Å². The Bertz CT molecular complexity index is 628. The average Bonchev–Trinajstić information content (AvgIpc) is 3.27. The van der Waals surface area contributed by atoms with Crippen molar-refractivity contribution in [1.29, 1.82) is 0 Å². The summed E-state index contributed by atoms with van der Waals surface area (Å²) in [5, 5.41) is 2.98. The molecule has 6 atom stereocenters. The molecule has 1 aromatic rings. The van der Waals surface area contributed by atoms with E-state index in [1.54, 1.807) is 0 Å². The Kier molecular flexibility index (Phi) is 4.22. The number of carbonyl (C=O) groups is 1. The number of hydrogen-bond donors (Lipinski definition) is 1. The summed E-state index contributed by atoms with van der Waals surface area (Å²) < 4.78 is 23.3. The average molecular weight is 347 g/mol. The van der Waals surface area contributed by atoms with Crippen LogP contribution in [-0.4, -0.2) is 48.3 Å². The topological polar surface area (TPSA) is 69.3 Å². The van der Waals surface area contributed by atoms with E-state index in [4.69, 9.17) is 18.9 Å². The number of amides is 1. The van der Waals surface area contributed by atoms with Crippen molar-refractivity contribution in [3.05, 3.63) is 35.9 Å². The van der Waals surface area contributed by atoms with E-state index in [2.05, 4.69) is 5.32 Å². The summed E-state index contributed by atoms with van der Waals surface area (Å²) in [6.07, 6.45) is 0.160. The highest BCUT2D eigenvalue weighted by molar-refractivity contribution is 5.68. The number of carbonyl (C=O) groups excluding carboxylic acids is 1. The molecule has 0 radical (unpaired) electrons. The fourth-order valence-corrected chi connectivity index (χ4v) is 3.70. The van der Waals surface area contributed by atoms with E-state index < -0.39 is 11.7 Å². The highest BCUT2D eigenvalue weighted by Gasteiger charge is 2.65. The zero-order chi connectivity index (χ0) is 17.6. The molecule has 3 aliphatic heterocycles. The Morgan fingerprint density at radius 1 is 1.16 bits per heavy atom. The van der Waals surface area contributed by atoms with Gasteiger partial charge < -0.3 is 24.3 Å². The van der Waals surface area contributed by atoms with Gasteiger partial charge in [0.05, 0.1) is 18.8 Å². The molecular formula is C19H25NO5. The lowest BCUT2D eigenvalue weighted by molar-refractivity contribution is -0.158. The zero-order valence-corrected chi connectivity index (χ0v) is 14.8. The van der Waals surface area contributed by atoms with Gasteiger partial charge >= 0.3 is 6.09 Å². The van der Waals surface area contributed by atoms with Crippen molar-refractivity contribution in [1.82, 2.24) is 5.32 Å². The highest BCUT2D eigenvalue weighted by atomic mass is 16.7. The van der Waals surface area contributed by atoms with Crippen molar-refractivity contribution in [2.45, 2.75) is 76.0 Å². The van der Waals surface area contributed by atoms with Gasteiger partial charge in [-0.2, -0.15) is 0 Å². The molecule has 3 aliphatic rings. The van der Waals surface area contributed by atoms with E-state index in [9.17, 15) is 4.79 Å². The van der Waals surface area contributed by atoms with Crippen LogP contribution in [0.15, 0.2) is 30.3 Å². The number of ether oxygens (including phenoxy) is 4. The second kappa shape index (κ2) is 6.27. The number of rotatable bonds is 4. The SMILES string of the molecule is CC(C)(C)OC(=O)N[C@@H]1C[C@H]2O[C@H]([C@@H]3O[C@@H]32)[C@@H]1OCc1ccccc1. The molecule has 1 aromatic carbocycles. The van der Waals surface area contributed by atoms with Crippen molar-refractivity contribution in [3.8, 4) is 0 Å². The summed E-state index contributed by atoms with van der Waals surface area (Å²) in [6, 6.07) is 9.85. The summed E-state index contributed by atoms with van der Waals surface area (Å²) in [7, 11) is 0. The van der Waals surface area contributed by atoms with Crippen LogP contribution in [0.25, 0.3) is 0 Å². The third kappa shape index (κ3) is 3.66. The van der Waals surface area contributed by atoms with Gasteiger partial charge in [-0.3, -0.25) is 0 Å². The van der Waals surface area contributed by atoms with Gasteiger partial charge in [-0.1, -0.05) is 30.3 Å². The quantitative estimate of drug-likeness (QED) is 0.847. The Labute approximate surface area is 147 Å². The Morgan fingerprint density at radius 3 is 2.64 bits per heavy atom. The van der Waals surface area contributed by atoms with Gasteiger partial charge in [0, 0.05) is 0 Å². The first-order chi connectivity index (χ1) is 11.9. The number of hydrogen-bond acceptors (Lipinski definition) is 5. The van der Waals surface area contributed by atoms with E-state index in [0.29, 0.717) is 13.0 Å². The molecule has 3 fully saturated rings. The summed E-state index contributed by atoms with van der Waals surface area (Å²) in [5.41, 5.74) is 0.562. The molecule has 3 heterocycles. The van der Waals surface area contributed by atoms with E-state index in [1.165, 1.54) is 0 Å². The predicted octanol–water partition coefficient (Wildman–Crippen LogP) is 2.40. The molecule has 0 spiro atoms. The van der Waals surface area contributed by atoms with Crippen LogP contribution in [0, 0.1) is 0 Å². The van der Waals surface area contributed by atoms with Crippen LogP contribution in [0.5, 0.6) is 0 Å². The van der Waals surface area contributed by atoms with Crippen molar-refractivity contribution < 1.29 is 23.7 Å². The number of nitrogens with one attached hydrogen (secondary N) is 1. The van der Waals surface area contributed by atoms with Gasteiger partial charge in [0.2, 0.25) is 0 Å². The number of epoxide rings is 1. The van der Waals surface area contributed by atoms with E-state index in [-0.39, 0.29) is 36.6 Å². The van der Waals surface area contributed by atoms with Crippen LogP contribution in [-0.2, 0) is 25.6 Å². The van der Waals surface area contributed by atoms with Gasteiger partial charge in [-0.05, 0) is 32.8 Å². The van der Waals surface area contributed by atoms with Crippen molar-refractivity contribution in [2.24, 2.45) is 0 Å². The van der Waals surface area contributed by atoms with Crippen LogP contribution in [0.1, 0.15) is 32.8 Å². The smallest absolute Gasteiger partial charge is 0.407 e. The van der Waals surface area contributed by atoms with E-state index >= 15 is 0 Å². The van der Waals surface area contributed by atoms with Crippen LogP contribution in [0.3, 0.4) is 0 Å². The molecule has 2 bridgehead atoms. The third-order valence-corrected chi connectivity index (χ3v) is 4.78. The first kappa shape index (κ1) is 16.8. The molecule has 1 amide bonds. The minimum absolute atomic E-state index is 0.0338. The Balaban J connectivity index is 1.43. The molecular weight excluding hydrogens is 322 g/mol. The van der Waals surface area contributed by atoms with Gasteiger partial charge in [-0.15, -0.1) is 0 Å². The summed E-state index contributed by atoms with van der Waals surface area (Å²) in [6.45, 7) is 6.03. The number of benzene rings is 1. The lowest BCUT2D eigenvalue weighted by Gasteiger charge is -2.38. The van der Waals surface area contributed by atoms with Crippen molar-refractivity contribution in [2.75, 3.05) is 0 Å². The third-order valence-electron chi connectivity index (χ3n) is 4.78. The summed E-state index contributed by atoms with van der Waals surface area (Å²) in [5.74, 6) is 0. The van der Waals surface area contributed by atoms with Crippen LogP contribution < -0.4 is 5.32 Å². The summed E-state index contributed by atoms with van der Waals surface area (Å²) >= 11 is 0. The molecule has 6 nitrogen and oxygen atoms in total. The Hall–Kier alpha value is -1.63. The van der Waals surface area contributed by atoms with Gasteiger partial charge in [0.15, 0.2) is 0 Å². The summed E-state index contributed by atoms with van der Waals surface area (Å²) in [4.78, 5) is 12.2. The predicted molar refractivity (Wildman–Crippen MR) is 90.1 cm³/mol. The molecule has 0 saturated carbocycles. The standard InChI is InChI=1S/C19H25NO5/c1-19(2,3)25-18(21)20-12-9-13-15-17(24-15)16(23-13)14(12)22-10-11-7-5-4-6-8-11/h4-8,12-17H,9-10H2,1-3H3,(H,20,21)/t12-,13-,14-,15-,16+,17-/m1/s1. The molecule has 6 heteroatoms. The lowest BCUT2D eigenvalue weighted by atomic mass is 9.99. The molecule has 3 saturated heterocycles. The van der Waals surface area contributed by atoms with Crippen LogP contribution in [0.4, 0.5) is 4.79 Å². The second-order valence-corrected chi connectivity index (χ2v) is 7.95. The van der Waals surface area contributed by atoms with E-state index in [1.807, 2.05) is 51.1 Å². The van der Waals surface area contributed by atoms with E-state index in [0.717, 1.165) is 5.56 Å². The molecule has 0 aliphatic carbocycles. The zero-order valence-electron chi connectivity index (χ0n) is 14.8. The molecule has 1 N–H and O–H groups in total. The highest BCUT2D eigenvalue weighted by Crippen LogP contribution is 2.47. The lowest BCUT2D eigenvalue weighted by Crippen LogP contribution is -2.56. The molecule has 25 heavy (non-hydrogen) atoms. The minimum atomic E-state index is -0.528. The van der Waals surface area contributed by atoms with Crippen molar-refractivity contribution in [3.63, 3.8) is 0 Å². The maximum absolute atomic E-state index is 12.2. The first-order valence-corrected chi connectivity index (χ1v) is 8.87.